The van der Waals surface area contributed by atoms with E-state index in [1.54, 1.807) is 37.1 Å². The predicted octanol–water partition coefficient (Wildman–Crippen LogP) is 17.2. The number of hydrogen-bond donors (Lipinski definition) is 2. The van der Waals surface area contributed by atoms with Gasteiger partial charge in [-0.1, -0.05) is 158 Å². The summed E-state index contributed by atoms with van der Waals surface area (Å²) in [5.74, 6) is 8.09. The second kappa shape index (κ2) is 37.3. The number of nitrogens with zero attached hydrogens (tertiary/aromatic N) is 6. The molecule has 3 aromatic heterocycles. The number of carboxylic acids is 1. The van der Waals surface area contributed by atoms with E-state index in [0.717, 1.165) is 71.8 Å². The number of aliphatic carboxylic acids is 1. The Morgan fingerprint density at radius 1 is 0.524 bits per heavy atom. The van der Waals surface area contributed by atoms with Crippen LogP contribution in [-0.4, -0.2) is 52.9 Å². The quantitative estimate of drug-likeness (QED) is 0.0802. The molecule has 3 heterocycles. The van der Waals surface area contributed by atoms with E-state index in [-0.39, 0.29) is 27.9 Å². The van der Waals surface area contributed by atoms with Crippen LogP contribution in [0.2, 0.25) is 19.6 Å². The van der Waals surface area contributed by atoms with Crippen LogP contribution in [-0.2, 0) is 42.8 Å². The lowest BCUT2D eigenvalue weighted by molar-refractivity contribution is -0.136. The number of aryl methyl sites for hydroxylation is 5. The Morgan fingerprint density at radius 3 is 1.20 bits per heavy atom. The van der Waals surface area contributed by atoms with Crippen molar-refractivity contribution >= 4 is 77.8 Å². The second-order valence-corrected chi connectivity index (χ2v) is 27.6. The van der Waals surface area contributed by atoms with Crippen molar-refractivity contribution in [2.45, 2.75) is 107 Å². The van der Waals surface area contributed by atoms with Crippen molar-refractivity contribution in [3.63, 3.8) is 0 Å². The maximum Gasteiger partial charge on any atom is 0.307 e. The van der Waals surface area contributed by atoms with Gasteiger partial charge >= 0.3 is 5.97 Å². The summed E-state index contributed by atoms with van der Waals surface area (Å²) in [6.07, 6.45) is 27.2. The third-order valence-corrected chi connectivity index (χ3v) is 14.9. The summed E-state index contributed by atoms with van der Waals surface area (Å²) in [5.41, 5.74) is 18.6. The molecule has 0 spiro atoms. The monoisotopic (exact) mass is 1370 g/mol. The topological polar surface area (TPSA) is 111 Å². The van der Waals surface area contributed by atoms with Gasteiger partial charge in [0.2, 0.25) is 0 Å². The van der Waals surface area contributed by atoms with Crippen LogP contribution in [0.15, 0.2) is 185 Å². The minimum absolute atomic E-state index is 0. The summed E-state index contributed by atoms with van der Waals surface area (Å²) in [5, 5.41) is 18.5. The van der Waals surface area contributed by atoms with Crippen molar-refractivity contribution in [3.05, 3.63) is 263 Å². The molecule has 0 aliphatic carbocycles. The first-order valence-electron chi connectivity index (χ1n) is 25.4. The number of halogens is 4. The van der Waals surface area contributed by atoms with Gasteiger partial charge in [-0.2, -0.15) is 0 Å². The lowest BCUT2D eigenvalue weighted by Gasteiger charge is -2.07. The van der Waals surface area contributed by atoms with Gasteiger partial charge in [0.1, 0.15) is 8.07 Å². The van der Waals surface area contributed by atoms with Gasteiger partial charge in [-0.15, -0.1) is 18.4 Å². The van der Waals surface area contributed by atoms with Crippen molar-refractivity contribution in [3.8, 4) is 36.2 Å². The summed E-state index contributed by atoms with van der Waals surface area (Å²) in [6.45, 7) is 19.5. The fraction of sp³-hybridized carbons (Fsp3) is 0.235. The highest BCUT2D eigenvalue weighted by atomic mass is 79.9. The van der Waals surface area contributed by atoms with Gasteiger partial charge in [-0.25, -0.2) is 15.0 Å². The molecular weight excluding hydrogens is 1300 g/mol. The molecule has 0 saturated carbocycles. The first-order chi connectivity index (χ1) is 38.2. The third kappa shape index (κ3) is 26.9. The van der Waals surface area contributed by atoms with E-state index in [1.165, 1.54) is 44.5 Å². The Hall–Kier alpha value is -6.80. The van der Waals surface area contributed by atoms with Gasteiger partial charge in [-0.05, 0) is 169 Å². The van der Waals surface area contributed by atoms with Crippen molar-refractivity contribution in [1.82, 2.24) is 28.7 Å². The Bertz CT molecular complexity index is 3440. The van der Waals surface area contributed by atoms with Crippen LogP contribution in [0.1, 0.15) is 92.7 Å². The summed E-state index contributed by atoms with van der Waals surface area (Å²) in [6, 6.07) is 38.1. The smallest absolute Gasteiger partial charge is 0.307 e. The number of hydrogen-bond acceptors (Lipinski definition) is 5. The number of aromatic nitrogens is 6. The molecule has 428 valence electrons. The van der Waals surface area contributed by atoms with Crippen LogP contribution >= 0.6 is 63.7 Å². The van der Waals surface area contributed by atoms with Crippen LogP contribution in [0.3, 0.4) is 0 Å². The normalized spacial score (nSPS) is 9.84. The highest BCUT2D eigenvalue weighted by Crippen LogP contribution is 2.20. The summed E-state index contributed by atoms with van der Waals surface area (Å²) in [7, 11) is -1.10. The van der Waals surface area contributed by atoms with Gasteiger partial charge in [0.25, 0.3) is 0 Å². The highest BCUT2D eigenvalue weighted by Gasteiger charge is 2.06. The number of aliphatic hydroxyl groups is 1. The fourth-order valence-electron chi connectivity index (χ4n) is 7.15. The molecule has 9 rings (SSSR count). The molecule has 0 aliphatic heterocycles. The van der Waals surface area contributed by atoms with E-state index in [2.05, 4.69) is 208 Å². The number of rotatable bonds is 10. The Morgan fingerprint density at radius 2 is 0.866 bits per heavy atom. The lowest BCUT2D eigenvalue weighted by atomic mass is 10.0. The number of terminal acetylenes is 2. The first kappa shape index (κ1) is 71.3. The number of benzene rings is 6. The minimum atomic E-state index is -1.10. The number of carbonyl (C=O) groups is 1. The molecule has 0 aliphatic rings. The average molecular weight is 1370 g/mol. The SMILES string of the molecule is C.C.C#C[Si](C)(C)C.C#Cc1ccc(Cn2ccnc2)c(C)c1.Cc1cc(Br)ccc1CBr.Cc1cc(Br)ccc1CO.Cc1cc(Br)ccc1Cn1ccnc1.Cc1cc(C#Cc2ccc(CC(=O)O)cc2)ccc1Cn1ccnc1. The Labute approximate surface area is 523 Å². The number of imidazole rings is 3. The average Bonchev–Trinajstić information content (AvgIpc) is 4.33. The predicted molar refractivity (Wildman–Crippen MR) is 359 cm³/mol. The molecular formula is C68H76Br4N6O3Si. The van der Waals surface area contributed by atoms with Gasteiger partial charge in [0.05, 0.1) is 32.0 Å². The Balaban J connectivity index is 0.000000353. The van der Waals surface area contributed by atoms with E-state index in [9.17, 15) is 4.79 Å². The van der Waals surface area contributed by atoms with Gasteiger partial charge in [-0.3, -0.25) is 4.79 Å². The van der Waals surface area contributed by atoms with Crippen LogP contribution < -0.4 is 0 Å². The molecule has 0 atom stereocenters. The zero-order valence-corrected chi connectivity index (χ0v) is 53.9. The summed E-state index contributed by atoms with van der Waals surface area (Å²) in [4.78, 5) is 22.8. The fourth-order valence-corrected chi connectivity index (χ4v) is 9.21. The number of carboxylic acid groups (broad SMARTS) is 1. The molecule has 9 aromatic rings. The molecule has 6 aromatic carbocycles. The summed E-state index contributed by atoms with van der Waals surface area (Å²) < 4.78 is 9.47. The molecule has 0 saturated heterocycles. The zero-order valence-electron chi connectivity index (χ0n) is 46.6. The van der Waals surface area contributed by atoms with Gasteiger partial charge in [0, 0.05) is 92.3 Å². The first-order valence-corrected chi connectivity index (χ1v) is 32.4. The molecule has 82 heavy (non-hydrogen) atoms. The van der Waals surface area contributed by atoms with E-state index < -0.39 is 14.0 Å². The van der Waals surface area contributed by atoms with Crippen molar-refractivity contribution < 1.29 is 15.0 Å². The van der Waals surface area contributed by atoms with Gasteiger partial charge < -0.3 is 23.9 Å². The zero-order chi connectivity index (χ0) is 58.6. The van der Waals surface area contributed by atoms with Crippen LogP contribution in [0.25, 0.3) is 0 Å². The summed E-state index contributed by atoms with van der Waals surface area (Å²) >= 11 is 13.6. The molecule has 0 fully saturated rings. The van der Waals surface area contributed by atoms with Crippen LogP contribution in [0.4, 0.5) is 0 Å². The lowest BCUT2D eigenvalue weighted by Crippen LogP contribution is -2.15. The molecule has 14 heteroatoms. The second-order valence-electron chi connectivity index (χ2n) is 19.5. The van der Waals surface area contributed by atoms with Gasteiger partial charge in [0.15, 0.2) is 0 Å². The third-order valence-electron chi connectivity index (χ3n) is 11.9. The standard InChI is InChI=1S/C21H18N2O2.C13H12N2.C11H11BrN2.C8H8Br2.C8H9BrO.C5H10Si.2CH4/c1-16-12-18(8-9-20(16)14-23-11-10-22-15-23)5-2-17-3-6-19(7-4-17)13-21(24)25;1-3-12-4-5-13(11(2)8-12)9-15-7-6-14-10-15;1-9-6-11(12)3-2-10(9)7-14-5-4-13-8-14;1-6-4-8(10)3-2-7(6)5-9;1-6-4-8(9)3-2-7(6)5-10;1-5-6(2,3)4;;/h3-4,6-12,15H,13-14H2,1H3,(H,24,25);1,4-8,10H,9H2,2H3;2-6,8H,7H2,1H3;2-4H,5H2,1H3;2-4,10H,5H2,1H3;1H,2-4H3;2*1H4. The van der Waals surface area contributed by atoms with Crippen LogP contribution in [0, 0.1) is 70.8 Å². The molecule has 2 N–H and O–H groups in total. The van der Waals surface area contributed by atoms with E-state index in [4.69, 9.17) is 23.1 Å². The van der Waals surface area contributed by atoms with E-state index >= 15 is 0 Å². The van der Waals surface area contributed by atoms with Crippen LogP contribution in [0.5, 0.6) is 0 Å². The largest absolute Gasteiger partial charge is 0.481 e. The maximum atomic E-state index is 10.7. The highest BCUT2D eigenvalue weighted by molar-refractivity contribution is 9.11. The Kier molecular flexibility index (Phi) is 32.5. The molecule has 0 amide bonds. The van der Waals surface area contributed by atoms with Crippen molar-refractivity contribution in [1.29, 1.82) is 0 Å². The molecule has 0 radical (unpaired) electrons. The number of aliphatic hydroxyl groups excluding tert-OH is 1. The maximum absolute atomic E-state index is 10.7. The number of alkyl halides is 1. The molecule has 0 unspecified atom stereocenters. The minimum Gasteiger partial charge on any atom is -0.481 e. The van der Waals surface area contributed by atoms with Crippen molar-refractivity contribution in [2.24, 2.45) is 0 Å². The van der Waals surface area contributed by atoms with E-state index in [0.29, 0.717) is 0 Å². The molecule has 0 bridgehead atoms. The molecule has 9 nitrogen and oxygen atoms in total. The van der Waals surface area contributed by atoms with E-state index in [1.807, 2.05) is 95.8 Å². The van der Waals surface area contributed by atoms with Crippen molar-refractivity contribution in [2.75, 3.05) is 0 Å².